The van der Waals surface area contributed by atoms with E-state index in [-0.39, 0.29) is 29.3 Å². The molecule has 0 atom stereocenters. The Kier molecular flexibility index (Phi) is 4.84. The predicted octanol–water partition coefficient (Wildman–Crippen LogP) is 2.95. The predicted molar refractivity (Wildman–Crippen MR) is 120 cm³/mol. The molecule has 0 unspecified atom stereocenters. The Bertz CT molecular complexity index is 1240. The van der Waals surface area contributed by atoms with E-state index in [0.29, 0.717) is 37.0 Å². The number of carbonyl (C=O) groups is 2. The maximum absolute atomic E-state index is 13.7. The zero-order valence-corrected chi connectivity index (χ0v) is 17.8. The van der Waals surface area contributed by atoms with Crippen LogP contribution in [0.2, 0.25) is 0 Å². The van der Waals surface area contributed by atoms with Crippen molar-refractivity contribution in [3.05, 3.63) is 46.4 Å². The van der Waals surface area contributed by atoms with Gasteiger partial charge in [0.2, 0.25) is 5.91 Å². The van der Waals surface area contributed by atoms with Gasteiger partial charge in [0, 0.05) is 54.6 Å². The molecule has 5 rings (SSSR count). The molecule has 1 saturated heterocycles. The molecule has 0 radical (unpaired) electrons. The first-order valence-corrected chi connectivity index (χ1v) is 11.2. The number of primary amides is 1. The molecule has 1 aliphatic carbocycles. The Labute approximate surface area is 180 Å². The zero-order valence-electron chi connectivity index (χ0n) is 17.8. The number of aromatic nitrogens is 2. The van der Waals surface area contributed by atoms with Crippen molar-refractivity contribution in [2.45, 2.75) is 44.6 Å². The van der Waals surface area contributed by atoms with Gasteiger partial charge in [0.15, 0.2) is 0 Å². The van der Waals surface area contributed by atoms with E-state index in [4.69, 9.17) is 5.73 Å². The third-order valence-electron chi connectivity index (χ3n) is 7.21. The lowest BCUT2D eigenvalue weighted by atomic mass is 9.95. The Morgan fingerprint density at radius 3 is 2.39 bits per heavy atom. The Morgan fingerprint density at radius 1 is 1.03 bits per heavy atom. The SMILES string of the molecule is Cn1c2ccccc2c2c(C(=O)N3CCC(C(N)=O)CC3)cn(C3CCCC3)c(=O)c21. The lowest BCUT2D eigenvalue weighted by Crippen LogP contribution is -2.42. The second-order valence-electron chi connectivity index (χ2n) is 8.96. The van der Waals surface area contributed by atoms with Crippen molar-refractivity contribution in [3.63, 3.8) is 0 Å². The summed E-state index contributed by atoms with van der Waals surface area (Å²) in [5.41, 5.74) is 7.55. The molecule has 31 heavy (non-hydrogen) atoms. The third kappa shape index (κ3) is 3.14. The highest BCUT2D eigenvalue weighted by atomic mass is 16.2. The monoisotopic (exact) mass is 420 g/mol. The highest BCUT2D eigenvalue weighted by Crippen LogP contribution is 2.34. The summed E-state index contributed by atoms with van der Waals surface area (Å²) in [7, 11) is 1.90. The number of piperidine rings is 1. The molecule has 7 heteroatoms. The molecule has 1 aliphatic heterocycles. The number of likely N-dealkylation sites (tertiary alicyclic amines) is 1. The number of benzene rings is 1. The fourth-order valence-electron chi connectivity index (χ4n) is 5.45. The topological polar surface area (TPSA) is 90.3 Å². The van der Waals surface area contributed by atoms with Gasteiger partial charge in [-0.3, -0.25) is 14.4 Å². The van der Waals surface area contributed by atoms with Crippen LogP contribution in [0.5, 0.6) is 0 Å². The summed E-state index contributed by atoms with van der Waals surface area (Å²) in [6, 6.07) is 8.00. The molecule has 2 amide bonds. The maximum Gasteiger partial charge on any atom is 0.275 e. The van der Waals surface area contributed by atoms with Gasteiger partial charge in [-0.15, -0.1) is 0 Å². The standard InChI is InChI=1S/C24H28N4O3/c1-26-19-9-5-4-8-17(19)20-18(23(30)27-12-10-15(11-13-27)22(25)29)14-28(24(31)21(20)26)16-6-2-3-7-16/h4-5,8-9,14-16H,2-3,6-7,10-13H2,1H3,(H2,25,29). The molecule has 1 aromatic carbocycles. The summed E-state index contributed by atoms with van der Waals surface area (Å²) < 4.78 is 3.73. The van der Waals surface area contributed by atoms with E-state index in [2.05, 4.69) is 0 Å². The second-order valence-corrected chi connectivity index (χ2v) is 8.96. The van der Waals surface area contributed by atoms with Crippen LogP contribution in [0.4, 0.5) is 0 Å². The summed E-state index contributed by atoms with van der Waals surface area (Å²) in [6.07, 6.45) is 7.11. The zero-order chi connectivity index (χ0) is 21.7. The summed E-state index contributed by atoms with van der Waals surface area (Å²) in [4.78, 5) is 40.6. The van der Waals surface area contributed by atoms with Gasteiger partial charge in [-0.25, -0.2) is 0 Å². The van der Waals surface area contributed by atoms with E-state index >= 15 is 0 Å². The normalized spacial score (nSPS) is 18.3. The van der Waals surface area contributed by atoms with Gasteiger partial charge in [0.05, 0.1) is 5.56 Å². The number of pyridine rings is 1. The molecular formula is C24H28N4O3. The summed E-state index contributed by atoms with van der Waals surface area (Å²) >= 11 is 0. The molecule has 2 aromatic heterocycles. The van der Waals surface area contributed by atoms with Crippen molar-refractivity contribution in [2.75, 3.05) is 13.1 Å². The van der Waals surface area contributed by atoms with Crippen LogP contribution in [-0.4, -0.2) is 38.9 Å². The van der Waals surface area contributed by atoms with E-state index in [1.165, 1.54) is 0 Å². The van der Waals surface area contributed by atoms with Crippen LogP contribution in [0.15, 0.2) is 35.3 Å². The Hall–Kier alpha value is -3.09. The number of aryl methyl sites for hydroxylation is 1. The van der Waals surface area contributed by atoms with Crippen LogP contribution in [0.3, 0.4) is 0 Å². The molecule has 2 fully saturated rings. The van der Waals surface area contributed by atoms with E-state index in [1.807, 2.05) is 35.9 Å². The molecule has 3 heterocycles. The number of nitrogens with two attached hydrogens (primary N) is 1. The smallest absolute Gasteiger partial charge is 0.275 e. The lowest BCUT2D eigenvalue weighted by Gasteiger charge is -2.31. The molecule has 3 aromatic rings. The molecule has 162 valence electrons. The highest BCUT2D eigenvalue weighted by Gasteiger charge is 2.30. The van der Waals surface area contributed by atoms with Crippen LogP contribution in [-0.2, 0) is 11.8 Å². The van der Waals surface area contributed by atoms with Gasteiger partial charge in [-0.2, -0.15) is 0 Å². The van der Waals surface area contributed by atoms with Crippen LogP contribution in [0, 0.1) is 5.92 Å². The molecule has 1 saturated carbocycles. The number of amides is 2. The Balaban J connectivity index is 1.68. The molecule has 7 nitrogen and oxygen atoms in total. The average Bonchev–Trinajstić information content (AvgIpc) is 3.42. The van der Waals surface area contributed by atoms with Gasteiger partial charge in [0.1, 0.15) is 5.52 Å². The second kappa shape index (κ2) is 7.55. The number of hydrogen-bond acceptors (Lipinski definition) is 3. The number of fused-ring (bicyclic) bond motifs is 3. The summed E-state index contributed by atoms with van der Waals surface area (Å²) in [5, 5.41) is 1.66. The van der Waals surface area contributed by atoms with Crippen LogP contribution >= 0.6 is 0 Å². The molecule has 0 bridgehead atoms. The fraction of sp³-hybridized carbons (Fsp3) is 0.458. The number of rotatable bonds is 3. The van der Waals surface area contributed by atoms with Gasteiger partial charge in [0.25, 0.3) is 11.5 Å². The lowest BCUT2D eigenvalue weighted by molar-refractivity contribution is -0.123. The van der Waals surface area contributed by atoms with Crippen molar-refractivity contribution < 1.29 is 9.59 Å². The minimum Gasteiger partial charge on any atom is -0.369 e. The van der Waals surface area contributed by atoms with Gasteiger partial charge >= 0.3 is 0 Å². The number of carbonyl (C=O) groups excluding carboxylic acids is 2. The maximum atomic E-state index is 13.7. The highest BCUT2D eigenvalue weighted by molar-refractivity contribution is 6.17. The number of para-hydroxylation sites is 1. The first-order chi connectivity index (χ1) is 15.0. The van der Waals surface area contributed by atoms with Crippen LogP contribution in [0.1, 0.15) is 54.9 Å². The van der Waals surface area contributed by atoms with Crippen LogP contribution < -0.4 is 11.3 Å². The van der Waals surface area contributed by atoms with E-state index < -0.39 is 0 Å². The molecular weight excluding hydrogens is 392 g/mol. The van der Waals surface area contributed by atoms with Crippen molar-refractivity contribution in [1.82, 2.24) is 14.0 Å². The van der Waals surface area contributed by atoms with Gasteiger partial charge in [-0.1, -0.05) is 31.0 Å². The molecule has 0 spiro atoms. The van der Waals surface area contributed by atoms with Crippen LogP contribution in [0.25, 0.3) is 21.8 Å². The first-order valence-electron chi connectivity index (χ1n) is 11.2. The molecule has 2 N–H and O–H groups in total. The first kappa shape index (κ1) is 19.8. The molecule has 2 aliphatic rings. The van der Waals surface area contributed by atoms with Gasteiger partial charge < -0.3 is 19.8 Å². The van der Waals surface area contributed by atoms with Gasteiger partial charge in [-0.05, 0) is 31.7 Å². The summed E-state index contributed by atoms with van der Waals surface area (Å²) in [6.45, 7) is 1.00. The van der Waals surface area contributed by atoms with Crippen molar-refractivity contribution in [2.24, 2.45) is 18.7 Å². The average molecular weight is 421 g/mol. The minimum atomic E-state index is -0.293. The quantitative estimate of drug-likeness (QED) is 0.706. The third-order valence-corrected chi connectivity index (χ3v) is 7.21. The summed E-state index contributed by atoms with van der Waals surface area (Å²) in [5.74, 6) is -0.539. The number of nitrogens with zero attached hydrogens (tertiary/aromatic N) is 3. The largest absolute Gasteiger partial charge is 0.369 e. The van der Waals surface area contributed by atoms with Crippen molar-refractivity contribution in [3.8, 4) is 0 Å². The fourth-order valence-corrected chi connectivity index (χ4v) is 5.45. The van der Waals surface area contributed by atoms with Crippen molar-refractivity contribution in [1.29, 1.82) is 0 Å². The van der Waals surface area contributed by atoms with E-state index in [1.54, 1.807) is 15.7 Å². The number of hydrogen-bond donors (Lipinski definition) is 1. The van der Waals surface area contributed by atoms with E-state index in [9.17, 15) is 14.4 Å². The Morgan fingerprint density at radius 2 is 1.71 bits per heavy atom. The van der Waals surface area contributed by atoms with E-state index in [0.717, 1.165) is 42.0 Å². The van der Waals surface area contributed by atoms with Crippen molar-refractivity contribution >= 4 is 33.6 Å². The minimum absolute atomic E-state index is 0.0235.